The zero-order valence-electron chi connectivity index (χ0n) is 12.3. The standard InChI is InChI=1S/C15H16Br2ClN3/c1-15(2,3)12-11(17)14(19-4)21-13(20-12)8-5-6-10(18)9(16)7-8/h5-7H,1-4H3,(H,19,20,21). The number of halogens is 3. The van der Waals surface area contributed by atoms with Crippen LogP contribution in [0.4, 0.5) is 5.82 Å². The monoisotopic (exact) mass is 431 g/mol. The van der Waals surface area contributed by atoms with E-state index >= 15 is 0 Å². The van der Waals surface area contributed by atoms with Gasteiger partial charge in [0.05, 0.1) is 15.2 Å². The molecule has 0 aliphatic carbocycles. The summed E-state index contributed by atoms with van der Waals surface area (Å²) in [6.07, 6.45) is 0. The first-order valence-corrected chi connectivity index (χ1v) is 8.41. The average Bonchev–Trinajstić information content (AvgIpc) is 2.41. The van der Waals surface area contributed by atoms with Crippen molar-refractivity contribution in [3.63, 3.8) is 0 Å². The Bertz CT molecular complexity index is 681. The van der Waals surface area contributed by atoms with Gasteiger partial charge in [0.1, 0.15) is 5.82 Å². The minimum absolute atomic E-state index is 0.0915. The highest BCUT2D eigenvalue weighted by atomic mass is 79.9. The van der Waals surface area contributed by atoms with Gasteiger partial charge in [-0.15, -0.1) is 0 Å². The number of nitrogens with zero attached hydrogens (tertiary/aromatic N) is 2. The zero-order chi connectivity index (χ0) is 15.8. The van der Waals surface area contributed by atoms with Gasteiger partial charge < -0.3 is 5.32 Å². The fraction of sp³-hybridized carbons (Fsp3) is 0.333. The Kier molecular flexibility index (Phi) is 4.96. The van der Waals surface area contributed by atoms with Gasteiger partial charge in [0.15, 0.2) is 5.82 Å². The number of hydrogen-bond acceptors (Lipinski definition) is 3. The third kappa shape index (κ3) is 3.58. The van der Waals surface area contributed by atoms with E-state index in [1.807, 2.05) is 25.2 Å². The largest absolute Gasteiger partial charge is 0.372 e. The van der Waals surface area contributed by atoms with Crippen molar-refractivity contribution in [1.29, 1.82) is 0 Å². The molecule has 21 heavy (non-hydrogen) atoms. The van der Waals surface area contributed by atoms with Crippen molar-refractivity contribution in [2.75, 3.05) is 12.4 Å². The lowest BCUT2D eigenvalue weighted by Crippen LogP contribution is -2.17. The van der Waals surface area contributed by atoms with Gasteiger partial charge in [-0.2, -0.15) is 0 Å². The van der Waals surface area contributed by atoms with Crippen LogP contribution in [0.5, 0.6) is 0 Å². The highest BCUT2D eigenvalue weighted by molar-refractivity contribution is 9.11. The molecule has 0 unspecified atom stereocenters. The number of rotatable bonds is 2. The normalized spacial score (nSPS) is 11.6. The predicted octanol–water partition coefficient (Wildman–Crippen LogP) is 5.66. The van der Waals surface area contributed by atoms with Crippen molar-refractivity contribution in [3.8, 4) is 11.4 Å². The lowest BCUT2D eigenvalue weighted by atomic mass is 9.91. The molecule has 0 bridgehead atoms. The maximum Gasteiger partial charge on any atom is 0.161 e. The number of anilines is 1. The molecule has 0 atom stereocenters. The molecule has 0 radical (unpaired) electrons. The molecule has 0 aliphatic heterocycles. The molecule has 1 aromatic heterocycles. The van der Waals surface area contributed by atoms with Crippen LogP contribution in [0.3, 0.4) is 0 Å². The molecule has 0 saturated heterocycles. The first kappa shape index (κ1) is 16.7. The number of nitrogens with one attached hydrogen (secondary N) is 1. The molecule has 1 heterocycles. The fourth-order valence-corrected chi connectivity index (χ4v) is 3.34. The van der Waals surface area contributed by atoms with Gasteiger partial charge in [-0.3, -0.25) is 0 Å². The van der Waals surface area contributed by atoms with Gasteiger partial charge in [0, 0.05) is 22.5 Å². The molecule has 0 saturated carbocycles. The van der Waals surface area contributed by atoms with E-state index in [1.165, 1.54) is 0 Å². The molecule has 3 nitrogen and oxygen atoms in total. The molecular weight excluding hydrogens is 417 g/mol. The summed E-state index contributed by atoms with van der Waals surface area (Å²) < 4.78 is 1.73. The van der Waals surface area contributed by atoms with E-state index < -0.39 is 0 Å². The second-order valence-electron chi connectivity index (χ2n) is 5.69. The van der Waals surface area contributed by atoms with Gasteiger partial charge in [-0.25, -0.2) is 9.97 Å². The Morgan fingerprint density at radius 3 is 2.33 bits per heavy atom. The van der Waals surface area contributed by atoms with Gasteiger partial charge in [0.2, 0.25) is 0 Å². The smallest absolute Gasteiger partial charge is 0.161 e. The van der Waals surface area contributed by atoms with E-state index in [0.717, 1.165) is 26.0 Å². The van der Waals surface area contributed by atoms with E-state index in [9.17, 15) is 0 Å². The molecule has 112 valence electrons. The Morgan fingerprint density at radius 2 is 1.81 bits per heavy atom. The Hall–Kier alpha value is -0.650. The van der Waals surface area contributed by atoms with Crippen LogP contribution in [-0.4, -0.2) is 17.0 Å². The summed E-state index contributed by atoms with van der Waals surface area (Å²) in [5.41, 5.74) is 1.79. The third-order valence-electron chi connectivity index (χ3n) is 2.98. The van der Waals surface area contributed by atoms with Crippen LogP contribution in [0, 0.1) is 0 Å². The van der Waals surface area contributed by atoms with Gasteiger partial charge in [0.25, 0.3) is 0 Å². The Labute approximate surface area is 146 Å². The van der Waals surface area contributed by atoms with Gasteiger partial charge >= 0.3 is 0 Å². The first-order valence-electron chi connectivity index (χ1n) is 6.45. The molecular formula is C15H16Br2ClN3. The maximum atomic E-state index is 6.05. The van der Waals surface area contributed by atoms with E-state index in [-0.39, 0.29) is 5.41 Å². The Balaban J connectivity index is 2.66. The summed E-state index contributed by atoms with van der Waals surface area (Å²) >= 11 is 13.1. The van der Waals surface area contributed by atoms with Crippen molar-refractivity contribution in [2.24, 2.45) is 0 Å². The summed E-state index contributed by atoms with van der Waals surface area (Å²) in [4.78, 5) is 9.30. The van der Waals surface area contributed by atoms with Crippen LogP contribution < -0.4 is 5.32 Å². The second kappa shape index (κ2) is 6.23. The molecule has 6 heteroatoms. The maximum absolute atomic E-state index is 6.05. The molecule has 0 amide bonds. The third-order valence-corrected chi connectivity index (χ3v) is 4.94. The quantitative estimate of drug-likeness (QED) is 0.664. The summed E-state index contributed by atoms with van der Waals surface area (Å²) in [6, 6.07) is 5.68. The van der Waals surface area contributed by atoms with E-state index in [0.29, 0.717) is 10.8 Å². The van der Waals surface area contributed by atoms with Crippen molar-refractivity contribution >= 4 is 49.3 Å². The molecule has 2 rings (SSSR count). The van der Waals surface area contributed by atoms with Crippen LogP contribution in [0.2, 0.25) is 5.02 Å². The predicted molar refractivity (Wildman–Crippen MR) is 96.1 cm³/mol. The summed E-state index contributed by atoms with van der Waals surface area (Å²) in [5.74, 6) is 1.45. The number of benzene rings is 1. The summed E-state index contributed by atoms with van der Waals surface area (Å²) in [5, 5.41) is 3.78. The number of aromatic nitrogens is 2. The van der Waals surface area contributed by atoms with Gasteiger partial charge in [-0.05, 0) is 50.1 Å². The van der Waals surface area contributed by atoms with E-state index in [2.05, 4.69) is 62.9 Å². The average molecular weight is 434 g/mol. The molecule has 1 aromatic carbocycles. The fourth-order valence-electron chi connectivity index (χ4n) is 1.87. The zero-order valence-corrected chi connectivity index (χ0v) is 16.2. The Morgan fingerprint density at radius 1 is 1.14 bits per heavy atom. The first-order chi connectivity index (χ1) is 9.74. The second-order valence-corrected chi connectivity index (χ2v) is 7.74. The topological polar surface area (TPSA) is 37.8 Å². The summed E-state index contributed by atoms with van der Waals surface area (Å²) in [7, 11) is 1.85. The SMILES string of the molecule is CNc1nc(-c2ccc(Cl)c(Br)c2)nc(C(C)(C)C)c1Br. The van der Waals surface area contributed by atoms with Crippen LogP contribution in [0.1, 0.15) is 26.5 Å². The highest BCUT2D eigenvalue weighted by Gasteiger charge is 2.23. The van der Waals surface area contributed by atoms with E-state index in [4.69, 9.17) is 16.6 Å². The van der Waals surface area contributed by atoms with Crippen molar-refractivity contribution in [1.82, 2.24) is 9.97 Å². The van der Waals surface area contributed by atoms with Crippen molar-refractivity contribution in [3.05, 3.63) is 37.9 Å². The summed E-state index contributed by atoms with van der Waals surface area (Å²) in [6.45, 7) is 6.38. The molecule has 0 spiro atoms. The minimum atomic E-state index is -0.0915. The van der Waals surface area contributed by atoms with Crippen LogP contribution in [-0.2, 0) is 5.41 Å². The molecule has 2 aromatic rings. The van der Waals surface area contributed by atoms with Crippen molar-refractivity contribution in [2.45, 2.75) is 26.2 Å². The molecule has 0 aliphatic rings. The molecule has 0 fully saturated rings. The lowest BCUT2D eigenvalue weighted by molar-refractivity contribution is 0.564. The molecule has 1 N–H and O–H groups in total. The number of hydrogen-bond donors (Lipinski definition) is 1. The van der Waals surface area contributed by atoms with Crippen molar-refractivity contribution < 1.29 is 0 Å². The highest BCUT2D eigenvalue weighted by Crippen LogP contribution is 2.35. The lowest BCUT2D eigenvalue weighted by Gasteiger charge is -2.21. The van der Waals surface area contributed by atoms with Crippen LogP contribution in [0.15, 0.2) is 27.1 Å². The van der Waals surface area contributed by atoms with E-state index in [1.54, 1.807) is 0 Å². The minimum Gasteiger partial charge on any atom is -0.372 e. The van der Waals surface area contributed by atoms with Crippen LogP contribution >= 0.6 is 43.5 Å². The van der Waals surface area contributed by atoms with Gasteiger partial charge in [-0.1, -0.05) is 32.4 Å². The van der Waals surface area contributed by atoms with Crippen LogP contribution in [0.25, 0.3) is 11.4 Å².